The minimum atomic E-state index is 0.311. The fourth-order valence-corrected chi connectivity index (χ4v) is 1.95. The van der Waals surface area contributed by atoms with Crippen LogP contribution >= 0.6 is 0 Å². The van der Waals surface area contributed by atoms with Gasteiger partial charge in [-0.05, 0) is 47.2 Å². The topological polar surface area (TPSA) is 20.2 Å². The SMILES string of the molecule is Cc1ccc(C(C)C)cc1-c1ccc(O)cc1. The van der Waals surface area contributed by atoms with Crippen LogP contribution in [0, 0.1) is 6.92 Å². The molecular weight excluding hydrogens is 208 g/mol. The van der Waals surface area contributed by atoms with Crippen LogP contribution in [0.5, 0.6) is 5.75 Å². The van der Waals surface area contributed by atoms with Crippen molar-refractivity contribution in [3.8, 4) is 16.9 Å². The van der Waals surface area contributed by atoms with Gasteiger partial charge in [0.15, 0.2) is 0 Å². The molecule has 2 aromatic carbocycles. The van der Waals surface area contributed by atoms with E-state index in [1.807, 2.05) is 12.1 Å². The molecule has 2 aromatic rings. The summed E-state index contributed by atoms with van der Waals surface area (Å²) in [6.07, 6.45) is 0. The van der Waals surface area contributed by atoms with Crippen molar-refractivity contribution < 1.29 is 5.11 Å². The van der Waals surface area contributed by atoms with Crippen molar-refractivity contribution in [2.75, 3.05) is 0 Å². The smallest absolute Gasteiger partial charge is 0.115 e. The molecule has 0 unspecified atom stereocenters. The van der Waals surface area contributed by atoms with Gasteiger partial charge in [0, 0.05) is 0 Å². The molecule has 0 spiro atoms. The molecule has 0 fully saturated rings. The first-order chi connectivity index (χ1) is 8.08. The lowest BCUT2D eigenvalue weighted by atomic mass is 9.94. The van der Waals surface area contributed by atoms with Gasteiger partial charge in [0.25, 0.3) is 0 Å². The number of rotatable bonds is 2. The highest BCUT2D eigenvalue weighted by Crippen LogP contribution is 2.28. The Morgan fingerprint density at radius 2 is 1.59 bits per heavy atom. The number of hydrogen-bond donors (Lipinski definition) is 1. The molecule has 17 heavy (non-hydrogen) atoms. The fourth-order valence-electron chi connectivity index (χ4n) is 1.95. The van der Waals surface area contributed by atoms with E-state index in [0.717, 1.165) is 5.56 Å². The van der Waals surface area contributed by atoms with Crippen LogP contribution in [0.4, 0.5) is 0 Å². The first-order valence-corrected chi connectivity index (χ1v) is 5.98. The molecule has 1 heteroatoms. The second-order valence-corrected chi connectivity index (χ2v) is 4.78. The molecule has 0 saturated carbocycles. The van der Waals surface area contributed by atoms with Gasteiger partial charge in [-0.2, -0.15) is 0 Å². The second kappa shape index (κ2) is 4.62. The zero-order valence-electron chi connectivity index (χ0n) is 10.6. The molecule has 1 N–H and O–H groups in total. The van der Waals surface area contributed by atoms with Gasteiger partial charge in [0.2, 0.25) is 0 Å². The molecule has 0 aromatic heterocycles. The average Bonchev–Trinajstić information content (AvgIpc) is 2.31. The summed E-state index contributed by atoms with van der Waals surface area (Å²) in [5.41, 5.74) is 5.01. The van der Waals surface area contributed by atoms with E-state index in [1.54, 1.807) is 12.1 Å². The van der Waals surface area contributed by atoms with E-state index < -0.39 is 0 Å². The third kappa shape index (κ3) is 2.50. The molecule has 2 rings (SSSR count). The molecule has 0 aliphatic heterocycles. The van der Waals surface area contributed by atoms with Crippen LogP contribution in [0.2, 0.25) is 0 Å². The minimum absolute atomic E-state index is 0.311. The number of hydrogen-bond acceptors (Lipinski definition) is 1. The third-order valence-corrected chi connectivity index (χ3v) is 3.11. The predicted octanol–water partition coefficient (Wildman–Crippen LogP) is 4.49. The van der Waals surface area contributed by atoms with E-state index in [1.165, 1.54) is 16.7 Å². The van der Waals surface area contributed by atoms with Crippen molar-refractivity contribution in [1.82, 2.24) is 0 Å². The maximum atomic E-state index is 9.32. The second-order valence-electron chi connectivity index (χ2n) is 4.78. The van der Waals surface area contributed by atoms with E-state index in [-0.39, 0.29) is 0 Å². The van der Waals surface area contributed by atoms with Gasteiger partial charge in [-0.15, -0.1) is 0 Å². The highest BCUT2D eigenvalue weighted by molar-refractivity contribution is 5.68. The van der Waals surface area contributed by atoms with E-state index in [2.05, 4.69) is 39.0 Å². The molecular formula is C16H18O. The molecule has 0 saturated heterocycles. The van der Waals surface area contributed by atoms with Crippen LogP contribution in [-0.4, -0.2) is 5.11 Å². The van der Waals surface area contributed by atoms with Gasteiger partial charge in [0.05, 0.1) is 0 Å². The zero-order chi connectivity index (χ0) is 12.4. The molecule has 0 bridgehead atoms. The quantitative estimate of drug-likeness (QED) is 0.799. The average molecular weight is 226 g/mol. The largest absolute Gasteiger partial charge is 0.508 e. The molecule has 0 aliphatic rings. The van der Waals surface area contributed by atoms with Crippen molar-refractivity contribution in [3.63, 3.8) is 0 Å². The number of aromatic hydroxyl groups is 1. The molecule has 0 heterocycles. The molecule has 88 valence electrons. The summed E-state index contributed by atoms with van der Waals surface area (Å²) in [7, 11) is 0. The third-order valence-electron chi connectivity index (χ3n) is 3.11. The molecule has 0 amide bonds. The van der Waals surface area contributed by atoms with Crippen LogP contribution < -0.4 is 0 Å². The fraction of sp³-hybridized carbons (Fsp3) is 0.250. The summed E-state index contributed by atoms with van der Waals surface area (Å²) in [5.74, 6) is 0.845. The Kier molecular flexibility index (Phi) is 3.19. The maximum absolute atomic E-state index is 9.32. The lowest BCUT2D eigenvalue weighted by Gasteiger charge is -2.11. The highest BCUT2D eigenvalue weighted by Gasteiger charge is 2.05. The predicted molar refractivity (Wildman–Crippen MR) is 72.4 cm³/mol. The lowest BCUT2D eigenvalue weighted by molar-refractivity contribution is 0.475. The Balaban J connectivity index is 2.50. The number of aryl methyl sites for hydroxylation is 1. The summed E-state index contributed by atoms with van der Waals surface area (Å²) in [4.78, 5) is 0. The van der Waals surface area contributed by atoms with Gasteiger partial charge >= 0.3 is 0 Å². The van der Waals surface area contributed by atoms with Crippen LogP contribution in [0.1, 0.15) is 30.9 Å². The molecule has 0 atom stereocenters. The Morgan fingerprint density at radius 1 is 0.941 bits per heavy atom. The summed E-state index contributed by atoms with van der Waals surface area (Å²) in [5, 5.41) is 9.32. The monoisotopic (exact) mass is 226 g/mol. The highest BCUT2D eigenvalue weighted by atomic mass is 16.3. The zero-order valence-corrected chi connectivity index (χ0v) is 10.6. The number of benzene rings is 2. The lowest BCUT2D eigenvalue weighted by Crippen LogP contribution is -1.90. The van der Waals surface area contributed by atoms with E-state index in [9.17, 15) is 5.11 Å². The summed E-state index contributed by atoms with van der Waals surface area (Å²) in [6, 6.07) is 14.0. The van der Waals surface area contributed by atoms with Gasteiger partial charge in [-0.25, -0.2) is 0 Å². The summed E-state index contributed by atoms with van der Waals surface area (Å²) < 4.78 is 0. The van der Waals surface area contributed by atoms with Gasteiger partial charge in [-0.1, -0.05) is 44.2 Å². The van der Waals surface area contributed by atoms with Gasteiger partial charge in [-0.3, -0.25) is 0 Å². The van der Waals surface area contributed by atoms with E-state index >= 15 is 0 Å². The standard InChI is InChI=1S/C16H18O/c1-11(2)14-5-4-12(3)16(10-14)13-6-8-15(17)9-7-13/h4-11,17H,1-3H3. The van der Waals surface area contributed by atoms with Crippen molar-refractivity contribution in [2.24, 2.45) is 0 Å². The Bertz CT molecular complexity index is 510. The summed E-state index contributed by atoms with van der Waals surface area (Å²) >= 11 is 0. The van der Waals surface area contributed by atoms with E-state index in [4.69, 9.17) is 0 Å². The number of phenolic OH excluding ortho intramolecular Hbond substituents is 1. The van der Waals surface area contributed by atoms with Crippen molar-refractivity contribution in [1.29, 1.82) is 0 Å². The summed E-state index contributed by atoms with van der Waals surface area (Å²) in [6.45, 7) is 6.52. The molecule has 1 nitrogen and oxygen atoms in total. The molecule has 0 aliphatic carbocycles. The Hall–Kier alpha value is -1.76. The minimum Gasteiger partial charge on any atom is -0.508 e. The maximum Gasteiger partial charge on any atom is 0.115 e. The first kappa shape index (κ1) is 11.7. The first-order valence-electron chi connectivity index (χ1n) is 5.98. The van der Waals surface area contributed by atoms with Crippen LogP contribution in [0.25, 0.3) is 11.1 Å². The van der Waals surface area contributed by atoms with E-state index in [0.29, 0.717) is 11.7 Å². The van der Waals surface area contributed by atoms with Crippen LogP contribution in [0.3, 0.4) is 0 Å². The van der Waals surface area contributed by atoms with Crippen molar-refractivity contribution in [3.05, 3.63) is 53.6 Å². The normalized spacial score (nSPS) is 10.8. The Morgan fingerprint density at radius 3 is 2.18 bits per heavy atom. The van der Waals surface area contributed by atoms with Crippen LogP contribution in [0.15, 0.2) is 42.5 Å². The van der Waals surface area contributed by atoms with Crippen molar-refractivity contribution in [2.45, 2.75) is 26.7 Å². The molecule has 0 radical (unpaired) electrons. The Labute approximate surface area is 103 Å². The van der Waals surface area contributed by atoms with Crippen molar-refractivity contribution >= 4 is 0 Å². The van der Waals surface area contributed by atoms with Crippen LogP contribution in [-0.2, 0) is 0 Å². The van der Waals surface area contributed by atoms with Gasteiger partial charge in [0.1, 0.15) is 5.75 Å². The van der Waals surface area contributed by atoms with Gasteiger partial charge < -0.3 is 5.11 Å². The number of phenols is 1.